The van der Waals surface area contributed by atoms with Crippen LogP contribution in [0.2, 0.25) is 0 Å². The summed E-state index contributed by atoms with van der Waals surface area (Å²) in [7, 11) is 0. The molecule has 2 heterocycles. The van der Waals surface area contributed by atoms with E-state index in [4.69, 9.17) is 4.74 Å². The number of aromatic nitrogens is 1. The standard InChI is InChI=1S/C23H22FN3O2/c24-18-7-3-6-17(14-18)16-27-13-5-10-21(27)23(28)26-20-9-1-2-11-22(20)29-19-8-4-12-25-15-19/h1-4,6-9,11-12,14-15,21H,5,10,13,16H2,(H,26,28)/t21-/m1/s1. The van der Waals surface area contributed by atoms with Crippen molar-refractivity contribution in [3.8, 4) is 11.5 Å². The normalized spacial score (nSPS) is 16.5. The molecule has 1 aliphatic heterocycles. The van der Waals surface area contributed by atoms with Gasteiger partial charge in [0.2, 0.25) is 5.91 Å². The van der Waals surface area contributed by atoms with Gasteiger partial charge in [-0.1, -0.05) is 24.3 Å². The first-order chi connectivity index (χ1) is 14.2. The van der Waals surface area contributed by atoms with Crippen molar-refractivity contribution in [3.63, 3.8) is 0 Å². The first kappa shape index (κ1) is 19.1. The number of ether oxygens (including phenoxy) is 1. The van der Waals surface area contributed by atoms with E-state index in [2.05, 4.69) is 15.2 Å². The van der Waals surface area contributed by atoms with E-state index < -0.39 is 0 Å². The Morgan fingerprint density at radius 2 is 2.07 bits per heavy atom. The van der Waals surface area contributed by atoms with Crippen molar-refractivity contribution in [2.24, 2.45) is 0 Å². The molecule has 0 aliphatic carbocycles. The van der Waals surface area contributed by atoms with E-state index in [9.17, 15) is 9.18 Å². The maximum atomic E-state index is 13.5. The van der Waals surface area contributed by atoms with Gasteiger partial charge in [-0.25, -0.2) is 4.39 Å². The molecule has 1 saturated heterocycles. The SMILES string of the molecule is O=C(Nc1ccccc1Oc1cccnc1)[C@H]1CCCN1Cc1cccc(F)c1. The second kappa shape index (κ2) is 8.84. The van der Waals surface area contributed by atoms with Gasteiger partial charge in [0.25, 0.3) is 0 Å². The Hall–Kier alpha value is -3.25. The topological polar surface area (TPSA) is 54.5 Å². The second-order valence-corrected chi connectivity index (χ2v) is 7.03. The number of anilines is 1. The average Bonchev–Trinajstić information content (AvgIpc) is 3.18. The summed E-state index contributed by atoms with van der Waals surface area (Å²) < 4.78 is 19.4. The first-order valence-corrected chi connectivity index (χ1v) is 9.65. The lowest BCUT2D eigenvalue weighted by Crippen LogP contribution is -2.39. The van der Waals surface area contributed by atoms with Gasteiger partial charge in [0.05, 0.1) is 17.9 Å². The molecule has 1 N–H and O–H groups in total. The van der Waals surface area contributed by atoms with E-state index in [1.165, 1.54) is 12.1 Å². The Kier molecular flexibility index (Phi) is 5.81. The number of halogens is 1. The quantitative estimate of drug-likeness (QED) is 0.666. The second-order valence-electron chi connectivity index (χ2n) is 7.03. The molecule has 1 atom stereocenters. The number of nitrogens with zero attached hydrogens (tertiary/aromatic N) is 2. The highest BCUT2D eigenvalue weighted by Gasteiger charge is 2.31. The van der Waals surface area contributed by atoms with E-state index >= 15 is 0 Å². The number of para-hydroxylation sites is 2. The molecule has 0 spiro atoms. The van der Waals surface area contributed by atoms with Crippen LogP contribution in [0.4, 0.5) is 10.1 Å². The number of nitrogens with one attached hydrogen (secondary N) is 1. The van der Waals surface area contributed by atoms with E-state index in [-0.39, 0.29) is 17.8 Å². The average molecular weight is 391 g/mol. The Morgan fingerprint density at radius 1 is 1.17 bits per heavy atom. The molecule has 6 heteroatoms. The molecule has 29 heavy (non-hydrogen) atoms. The number of carbonyl (C=O) groups excluding carboxylic acids is 1. The zero-order chi connectivity index (χ0) is 20.1. The molecule has 1 amide bonds. The van der Waals surface area contributed by atoms with Crippen molar-refractivity contribution in [3.05, 3.63) is 84.4 Å². The molecule has 1 aliphatic rings. The lowest BCUT2D eigenvalue weighted by Gasteiger charge is -2.24. The third kappa shape index (κ3) is 4.78. The third-order valence-electron chi connectivity index (χ3n) is 4.95. The molecule has 0 bridgehead atoms. The fourth-order valence-electron chi connectivity index (χ4n) is 3.59. The van der Waals surface area contributed by atoms with Crippen LogP contribution >= 0.6 is 0 Å². The van der Waals surface area contributed by atoms with Gasteiger partial charge in [0.15, 0.2) is 5.75 Å². The van der Waals surface area contributed by atoms with Crippen LogP contribution in [-0.4, -0.2) is 28.4 Å². The molecule has 148 valence electrons. The van der Waals surface area contributed by atoms with Gasteiger partial charge in [-0.2, -0.15) is 0 Å². The number of hydrogen-bond acceptors (Lipinski definition) is 4. The molecule has 3 aromatic rings. The molecular weight excluding hydrogens is 369 g/mol. The van der Waals surface area contributed by atoms with Gasteiger partial charge in [-0.3, -0.25) is 14.7 Å². The van der Waals surface area contributed by atoms with Crippen LogP contribution in [-0.2, 0) is 11.3 Å². The van der Waals surface area contributed by atoms with Gasteiger partial charge < -0.3 is 10.1 Å². The number of amides is 1. The number of benzene rings is 2. The fraction of sp³-hybridized carbons (Fsp3) is 0.217. The minimum absolute atomic E-state index is 0.0823. The van der Waals surface area contributed by atoms with Crippen LogP contribution in [0.15, 0.2) is 73.1 Å². The molecule has 5 nitrogen and oxygen atoms in total. The van der Waals surface area contributed by atoms with Crippen LogP contribution < -0.4 is 10.1 Å². The number of likely N-dealkylation sites (tertiary alicyclic amines) is 1. The van der Waals surface area contributed by atoms with Crippen molar-refractivity contribution in [1.82, 2.24) is 9.88 Å². The van der Waals surface area contributed by atoms with Crippen LogP contribution in [0.25, 0.3) is 0 Å². The van der Waals surface area contributed by atoms with Gasteiger partial charge in [0.1, 0.15) is 11.6 Å². The third-order valence-corrected chi connectivity index (χ3v) is 4.95. The highest BCUT2D eigenvalue weighted by atomic mass is 19.1. The smallest absolute Gasteiger partial charge is 0.241 e. The van der Waals surface area contributed by atoms with Gasteiger partial charge >= 0.3 is 0 Å². The number of pyridine rings is 1. The van der Waals surface area contributed by atoms with Crippen molar-refractivity contribution in [2.45, 2.75) is 25.4 Å². The summed E-state index contributed by atoms with van der Waals surface area (Å²) in [6.45, 7) is 1.35. The van der Waals surface area contributed by atoms with Crippen molar-refractivity contribution >= 4 is 11.6 Å². The maximum Gasteiger partial charge on any atom is 0.241 e. The lowest BCUT2D eigenvalue weighted by atomic mass is 10.1. The first-order valence-electron chi connectivity index (χ1n) is 9.65. The molecule has 0 unspecified atom stereocenters. The number of carbonyl (C=O) groups is 1. The van der Waals surface area contributed by atoms with Gasteiger partial charge in [-0.15, -0.1) is 0 Å². The molecule has 4 rings (SSSR count). The maximum absolute atomic E-state index is 13.5. The molecule has 1 aromatic heterocycles. The van der Waals surface area contributed by atoms with Gasteiger partial charge in [0, 0.05) is 12.7 Å². The van der Waals surface area contributed by atoms with Crippen molar-refractivity contribution < 1.29 is 13.9 Å². The fourth-order valence-corrected chi connectivity index (χ4v) is 3.59. The van der Waals surface area contributed by atoms with Crippen LogP contribution in [0.1, 0.15) is 18.4 Å². The summed E-state index contributed by atoms with van der Waals surface area (Å²) >= 11 is 0. The summed E-state index contributed by atoms with van der Waals surface area (Å²) in [5.41, 5.74) is 1.48. The van der Waals surface area contributed by atoms with E-state index in [1.807, 2.05) is 36.4 Å². The summed E-state index contributed by atoms with van der Waals surface area (Å²) in [5.74, 6) is 0.816. The van der Waals surface area contributed by atoms with Crippen LogP contribution in [0.3, 0.4) is 0 Å². The summed E-state index contributed by atoms with van der Waals surface area (Å²) in [4.78, 5) is 19.1. The minimum atomic E-state index is -0.260. The highest BCUT2D eigenvalue weighted by Crippen LogP contribution is 2.30. The molecule has 1 fully saturated rings. The van der Waals surface area contributed by atoms with Crippen LogP contribution in [0.5, 0.6) is 11.5 Å². The predicted molar refractivity (Wildman–Crippen MR) is 109 cm³/mol. The largest absolute Gasteiger partial charge is 0.454 e. The highest BCUT2D eigenvalue weighted by molar-refractivity contribution is 5.96. The van der Waals surface area contributed by atoms with Crippen molar-refractivity contribution in [2.75, 3.05) is 11.9 Å². The monoisotopic (exact) mass is 391 g/mol. The minimum Gasteiger partial charge on any atom is -0.454 e. The Bertz CT molecular complexity index is 981. The Balaban J connectivity index is 1.46. The number of hydrogen-bond donors (Lipinski definition) is 1. The Labute approximate surface area is 169 Å². The van der Waals surface area contributed by atoms with E-state index in [0.29, 0.717) is 23.7 Å². The predicted octanol–water partition coefficient (Wildman–Crippen LogP) is 4.62. The van der Waals surface area contributed by atoms with Gasteiger partial charge in [-0.05, 0) is 61.3 Å². The van der Waals surface area contributed by atoms with E-state index in [0.717, 1.165) is 24.9 Å². The van der Waals surface area contributed by atoms with Crippen LogP contribution in [0, 0.1) is 5.82 Å². The Morgan fingerprint density at radius 3 is 2.90 bits per heavy atom. The van der Waals surface area contributed by atoms with E-state index in [1.54, 1.807) is 24.5 Å². The summed E-state index contributed by atoms with van der Waals surface area (Å²) in [6.07, 6.45) is 5.00. The number of rotatable bonds is 6. The molecular formula is C23H22FN3O2. The summed E-state index contributed by atoms with van der Waals surface area (Å²) in [5, 5.41) is 3.00. The molecule has 0 radical (unpaired) electrons. The molecule has 2 aromatic carbocycles. The zero-order valence-electron chi connectivity index (χ0n) is 15.9. The zero-order valence-corrected chi connectivity index (χ0v) is 15.9. The summed E-state index contributed by atoms with van der Waals surface area (Å²) in [6, 6.07) is 17.2. The molecule has 0 saturated carbocycles. The van der Waals surface area contributed by atoms with Crippen molar-refractivity contribution in [1.29, 1.82) is 0 Å². The lowest BCUT2D eigenvalue weighted by molar-refractivity contribution is -0.120.